The van der Waals surface area contributed by atoms with Crippen molar-refractivity contribution in [3.63, 3.8) is 0 Å². The number of carbonyl (C=O) groups excluding carboxylic acids is 1. The minimum Gasteiger partial charge on any atom is -0.336 e. The highest BCUT2D eigenvalue weighted by Gasteiger charge is 2.30. The molecule has 3 aromatic rings. The van der Waals surface area contributed by atoms with Crippen LogP contribution in [0.2, 0.25) is 0 Å². The molecule has 1 unspecified atom stereocenters. The number of amides is 1. The van der Waals surface area contributed by atoms with Gasteiger partial charge < -0.3 is 4.90 Å². The molecule has 0 N–H and O–H groups in total. The summed E-state index contributed by atoms with van der Waals surface area (Å²) in [5.41, 5.74) is 1.26. The molecule has 2 aromatic carbocycles. The summed E-state index contributed by atoms with van der Waals surface area (Å²) in [5, 5.41) is 6.55. The van der Waals surface area contributed by atoms with E-state index in [0.29, 0.717) is 13.0 Å². The van der Waals surface area contributed by atoms with Crippen molar-refractivity contribution >= 4 is 16.7 Å². The fourth-order valence-corrected chi connectivity index (χ4v) is 3.63. The molecule has 0 saturated carbocycles. The van der Waals surface area contributed by atoms with Crippen LogP contribution in [0.1, 0.15) is 30.9 Å². The van der Waals surface area contributed by atoms with E-state index in [9.17, 15) is 4.79 Å². The summed E-state index contributed by atoms with van der Waals surface area (Å²) >= 11 is 0. The maximum absolute atomic E-state index is 12.7. The van der Waals surface area contributed by atoms with Gasteiger partial charge >= 0.3 is 0 Å². The summed E-state index contributed by atoms with van der Waals surface area (Å²) in [6, 6.07) is 15.0. The van der Waals surface area contributed by atoms with Crippen LogP contribution in [0.5, 0.6) is 0 Å². The molecule has 24 heavy (non-hydrogen) atoms. The molecular formula is C19H20N4O. The van der Waals surface area contributed by atoms with Gasteiger partial charge in [-0.05, 0) is 29.2 Å². The third-order valence-corrected chi connectivity index (χ3v) is 4.78. The number of hydrogen-bond donors (Lipinski definition) is 0. The van der Waals surface area contributed by atoms with E-state index in [4.69, 9.17) is 0 Å². The van der Waals surface area contributed by atoms with Gasteiger partial charge in [0.05, 0.1) is 12.6 Å². The predicted octanol–water partition coefficient (Wildman–Crippen LogP) is 3.19. The largest absolute Gasteiger partial charge is 0.336 e. The molecule has 4 rings (SSSR count). The van der Waals surface area contributed by atoms with E-state index >= 15 is 0 Å². The summed E-state index contributed by atoms with van der Waals surface area (Å²) in [7, 11) is 0. The quantitative estimate of drug-likeness (QED) is 0.742. The first kappa shape index (κ1) is 14.9. The Bertz CT molecular complexity index is 838. The monoisotopic (exact) mass is 320 g/mol. The Morgan fingerprint density at radius 2 is 2.04 bits per heavy atom. The second kappa shape index (κ2) is 6.43. The summed E-state index contributed by atoms with van der Waals surface area (Å²) < 4.78 is 1.71. The molecule has 1 saturated heterocycles. The Balaban J connectivity index is 1.56. The van der Waals surface area contributed by atoms with Gasteiger partial charge in [0.1, 0.15) is 12.7 Å². The van der Waals surface area contributed by atoms with Crippen molar-refractivity contribution in [2.45, 2.75) is 31.8 Å². The van der Waals surface area contributed by atoms with Crippen molar-refractivity contribution in [1.29, 1.82) is 0 Å². The average molecular weight is 320 g/mol. The van der Waals surface area contributed by atoms with Crippen LogP contribution in [0.15, 0.2) is 55.1 Å². The van der Waals surface area contributed by atoms with Crippen LogP contribution >= 0.6 is 0 Å². The number of benzene rings is 2. The molecule has 0 aliphatic carbocycles. The minimum atomic E-state index is 0.180. The summed E-state index contributed by atoms with van der Waals surface area (Å²) in [5.74, 6) is 0.195. The maximum atomic E-state index is 12.7. The van der Waals surface area contributed by atoms with Crippen molar-refractivity contribution in [3.8, 4) is 0 Å². The van der Waals surface area contributed by atoms with E-state index in [1.807, 2.05) is 4.90 Å². The lowest BCUT2D eigenvalue weighted by Crippen LogP contribution is -2.31. The lowest BCUT2D eigenvalue weighted by molar-refractivity contribution is -0.132. The third-order valence-electron chi connectivity index (χ3n) is 4.78. The van der Waals surface area contributed by atoms with Crippen LogP contribution < -0.4 is 0 Å². The van der Waals surface area contributed by atoms with Gasteiger partial charge in [0.2, 0.25) is 5.91 Å². The standard InChI is InChI=1S/C19H20N4O/c24-19(10-12-22-14-20-13-21-22)23-11-4-9-18(23)17-8-3-6-15-5-1-2-7-16(15)17/h1-3,5-8,13-14,18H,4,9-12H2. The molecule has 0 bridgehead atoms. The van der Waals surface area contributed by atoms with Crippen molar-refractivity contribution in [1.82, 2.24) is 19.7 Å². The molecule has 1 fully saturated rings. The van der Waals surface area contributed by atoms with E-state index in [2.05, 4.69) is 52.5 Å². The van der Waals surface area contributed by atoms with Gasteiger partial charge in [-0.2, -0.15) is 5.10 Å². The summed E-state index contributed by atoms with van der Waals surface area (Å²) in [4.78, 5) is 18.7. The van der Waals surface area contributed by atoms with E-state index in [-0.39, 0.29) is 11.9 Å². The fraction of sp³-hybridized carbons (Fsp3) is 0.316. The second-order valence-corrected chi connectivity index (χ2v) is 6.22. The predicted molar refractivity (Wildman–Crippen MR) is 92.3 cm³/mol. The zero-order valence-corrected chi connectivity index (χ0v) is 13.5. The van der Waals surface area contributed by atoms with Crippen molar-refractivity contribution in [3.05, 3.63) is 60.7 Å². The smallest absolute Gasteiger partial charge is 0.224 e. The lowest BCUT2D eigenvalue weighted by Gasteiger charge is -2.26. The first-order valence-corrected chi connectivity index (χ1v) is 8.42. The van der Waals surface area contributed by atoms with Crippen molar-refractivity contribution in [2.24, 2.45) is 0 Å². The minimum absolute atomic E-state index is 0.180. The Morgan fingerprint density at radius 1 is 1.17 bits per heavy atom. The number of nitrogens with zero attached hydrogens (tertiary/aromatic N) is 4. The maximum Gasteiger partial charge on any atom is 0.224 e. The highest BCUT2D eigenvalue weighted by Crippen LogP contribution is 2.36. The molecule has 1 amide bonds. The Hall–Kier alpha value is -2.69. The number of likely N-dealkylation sites (tertiary alicyclic amines) is 1. The molecule has 0 spiro atoms. The lowest BCUT2D eigenvalue weighted by atomic mass is 9.97. The number of fused-ring (bicyclic) bond motifs is 1. The van der Waals surface area contributed by atoms with E-state index in [1.54, 1.807) is 11.0 Å². The van der Waals surface area contributed by atoms with Gasteiger partial charge in [0.25, 0.3) is 0 Å². The topological polar surface area (TPSA) is 51.0 Å². The molecule has 1 aliphatic heterocycles. The number of rotatable bonds is 4. The van der Waals surface area contributed by atoms with Crippen molar-refractivity contribution < 1.29 is 4.79 Å². The number of hydrogen-bond acceptors (Lipinski definition) is 3. The van der Waals surface area contributed by atoms with Gasteiger partial charge in [0, 0.05) is 13.0 Å². The first-order chi connectivity index (χ1) is 11.8. The van der Waals surface area contributed by atoms with E-state index in [1.165, 1.54) is 22.7 Å². The molecule has 5 nitrogen and oxygen atoms in total. The van der Waals surface area contributed by atoms with Crippen LogP contribution in [0.3, 0.4) is 0 Å². The highest BCUT2D eigenvalue weighted by atomic mass is 16.2. The van der Waals surface area contributed by atoms with Gasteiger partial charge in [-0.15, -0.1) is 0 Å². The Morgan fingerprint density at radius 3 is 2.92 bits per heavy atom. The highest BCUT2D eigenvalue weighted by molar-refractivity contribution is 5.87. The third kappa shape index (κ3) is 2.77. The van der Waals surface area contributed by atoms with Crippen LogP contribution in [-0.2, 0) is 11.3 Å². The van der Waals surface area contributed by atoms with E-state index in [0.717, 1.165) is 19.4 Å². The van der Waals surface area contributed by atoms with Gasteiger partial charge in [-0.3, -0.25) is 9.48 Å². The van der Waals surface area contributed by atoms with Gasteiger partial charge in [-0.25, -0.2) is 4.98 Å². The van der Waals surface area contributed by atoms with Gasteiger partial charge in [0.15, 0.2) is 0 Å². The van der Waals surface area contributed by atoms with Crippen molar-refractivity contribution in [2.75, 3.05) is 6.54 Å². The number of aryl methyl sites for hydroxylation is 1. The zero-order chi connectivity index (χ0) is 16.4. The van der Waals surface area contributed by atoms with Crippen LogP contribution in [-0.4, -0.2) is 32.1 Å². The van der Waals surface area contributed by atoms with Crippen LogP contribution in [0.25, 0.3) is 10.8 Å². The fourth-order valence-electron chi connectivity index (χ4n) is 3.63. The second-order valence-electron chi connectivity index (χ2n) is 6.22. The molecule has 1 aliphatic rings. The Labute approximate surface area is 140 Å². The molecule has 2 heterocycles. The molecule has 1 atom stereocenters. The summed E-state index contributed by atoms with van der Waals surface area (Å²) in [6.07, 6.45) is 5.70. The normalized spacial score (nSPS) is 17.5. The van der Waals surface area contributed by atoms with Gasteiger partial charge in [-0.1, -0.05) is 42.5 Å². The Kier molecular flexibility index (Phi) is 3.99. The SMILES string of the molecule is O=C(CCn1cncn1)N1CCCC1c1cccc2ccccc12. The first-order valence-electron chi connectivity index (χ1n) is 8.42. The zero-order valence-electron chi connectivity index (χ0n) is 13.5. The summed E-state index contributed by atoms with van der Waals surface area (Å²) in [6.45, 7) is 1.42. The van der Waals surface area contributed by atoms with E-state index < -0.39 is 0 Å². The molecule has 1 aromatic heterocycles. The number of aromatic nitrogens is 3. The van der Waals surface area contributed by atoms with Crippen LogP contribution in [0, 0.1) is 0 Å². The molecule has 0 radical (unpaired) electrons. The molecule has 122 valence electrons. The molecule has 5 heteroatoms. The molecular weight excluding hydrogens is 300 g/mol. The van der Waals surface area contributed by atoms with Crippen LogP contribution in [0.4, 0.5) is 0 Å². The average Bonchev–Trinajstić information content (AvgIpc) is 3.31. The number of carbonyl (C=O) groups is 1.